The van der Waals surface area contributed by atoms with Gasteiger partial charge in [-0.2, -0.15) is 5.10 Å². The maximum Gasteiger partial charge on any atom is 0.347 e. The van der Waals surface area contributed by atoms with Crippen LogP contribution in [0.2, 0.25) is 0 Å². The topological polar surface area (TPSA) is 100 Å². The van der Waals surface area contributed by atoms with E-state index in [-0.39, 0.29) is 4.88 Å². The number of benzene rings is 1. The van der Waals surface area contributed by atoms with Crippen molar-refractivity contribution in [2.45, 2.75) is 13.8 Å². The van der Waals surface area contributed by atoms with Crippen molar-refractivity contribution in [2.75, 3.05) is 5.43 Å². The minimum absolute atomic E-state index is 0.200. The molecule has 0 aliphatic heterocycles. The number of para-hydroxylation sites is 2. The van der Waals surface area contributed by atoms with Crippen molar-refractivity contribution in [3.8, 4) is 0 Å². The van der Waals surface area contributed by atoms with Gasteiger partial charge in [0, 0.05) is 0 Å². The number of anilines is 1. The van der Waals surface area contributed by atoms with Crippen LogP contribution < -0.4 is 5.43 Å². The summed E-state index contributed by atoms with van der Waals surface area (Å²) in [6, 6.07) is 7.58. The molecule has 116 valence electrons. The number of carbonyl (C=O) groups is 1. The van der Waals surface area contributed by atoms with Crippen LogP contribution in [-0.2, 0) is 0 Å². The molecule has 0 aliphatic carbocycles. The van der Waals surface area contributed by atoms with Crippen molar-refractivity contribution in [3.05, 3.63) is 46.7 Å². The Balaban J connectivity index is 1.83. The average molecular weight is 327 g/mol. The summed E-state index contributed by atoms with van der Waals surface area (Å²) in [6.45, 7) is 3.45. The lowest BCUT2D eigenvalue weighted by Gasteiger charge is -2.02. The van der Waals surface area contributed by atoms with Gasteiger partial charge in [-0.05, 0) is 26.0 Å². The van der Waals surface area contributed by atoms with E-state index >= 15 is 0 Å². The van der Waals surface area contributed by atoms with E-state index < -0.39 is 5.97 Å². The second kappa shape index (κ2) is 6.09. The minimum atomic E-state index is -0.992. The van der Waals surface area contributed by atoms with Crippen molar-refractivity contribution >= 4 is 39.2 Å². The summed E-state index contributed by atoms with van der Waals surface area (Å²) >= 11 is 1.04. The van der Waals surface area contributed by atoms with Crippen LogP contribution in [0, 0.1) is 6.92 Å². The van der Waals surface area contributed by atoms with Crippen LogP contribution in [0.1, 0.15) is 28.0 Å². The van der Waals surface area contributed by atoms with E-state index in [4.69, 9.17) is 5.11 Å². The maximum absolute atomic E-state index is 11.0. The molecule has 2 heterocycles. The SMILES string of the molecule is CC(=NNc1nc(C)c(C(=O)O)s1)c1cnc2ccccc2n1. The molecule has 0 amide bonds. The Kier molecular flexibility index (Phi) is 3.98. The molecule has 0 fully saturated rings. The standard InChI is InChI=1S/C15H13N5O2S/c1-8(12-7-16-10-5-3-4-6-11(10)18-12)19-20-15-17-9(2)13(23-15)14(21)22/h3-7H,1-2H3,(H,17,20)(H,21,22). The Bertz CT molecular complexity index is 919. The Morgan fingerprint density at radius 3 is 2.70 bits per heavy atom. The minimum Gasteiger partial charge on any atom is -0.477 e. The zero-order chi connectivity index (χ0) is 16.4. The number of aromatic carboxylic acids is 1. The van der Waals surface area contributed by atoms with Crippen LogP contribution in [0.3, 0.4) is 0 Å². The third kappa shape index (κ3) is 3.16. The first-order valence-electron chi connectivity index (χ1n) is 6.78. The Labute approximate surface area is 135 Å². The Hall–Kier alpha value is -2.87. The number of aryl methyl sites for hydroxylation is 1. The summed E-state index contributed by atoms with van der Waals surface area (Å²) in [7, 11) is 0. The highest BCUT2D eigenvalue weighted by molar-refractivity contribution is 7.17. The quantitative estimate of drug-likeness (QED) is 0.564. The maximum atomic E-state index is 11.0. The summed E-state index contributed by atoms with van der Waals surface area (Å²) < 4.78 is 0. The zero-order valence-corrected chi connectivity index (χ0v) is 13.3. The number of hydrogen-bond acceptors (Lipinski definition) is 7. The van der Waals surface area contributed by atoms with E-state index in [2.05, 4.69) is 25.5 Å². The summed E-state index contributed by atoms with van der Waals surface area (Å²) in [5.74, 6) is -0.992. The van der Waals surface area contributed by atoms with Gasteiger partial charge in [0.15, 0.2) is 0 Å². The fourth-order valence-corrected chi connectivity index (χ4v) is 2.71. The second-order valence-electron chi connectivity index (χ2n) is 4.79. The molecule has 3 aromatic rings. The lowest BCUT2D eigenvalue weighted by Crippen LogP contribution is -2.03. The van der Waals surface area contributed by atoms with Gasteiger partial charge >= 0.3 is 5.97 Å². The Morgan fingerprint density at radius 2 is 2.00 bits per heavy atom. The van der Waals surface area contributed by atoms with Crippen molar-refractivity contribution in [1.29, 1.82) is 0 Å². The highest BCUT2D eigenvalue weighted by Gasteiger charge is 2.13. The van der Waals surface area contributed by atoms with Gasteiger partial charge in [-0.15, -0.1) is 0 Å². The fourth-order valence-electron chi connectivity index (χ4n) is 1.96. The first-order valence-corrected chi connectivity index (χ1v) is 7.59. The average Bonchev–Trinajstić information content (AvgIpc) is 2.93. The number of carboxylic acids is 1. The molecule has 23 heavy (non-hydrogen) atoms. The van der Waals surface area contributed by atoms with Crippen LogP contribution >= 0.6 is 11.3 Å². The van der Waals surface area contributed by atoms with Crippen molar-refractivity contribution in [2.24, 2.45) is 5.10 Å². The van der Waals surface area contributed by atoms with Gasteiger partial charge < -0.3 is 5.11 Å². The predicted octanol–water partition coefficient (Wildman–Crippen LogP) is 2.93. The molecule has 0 saturated carbocycles. The lowest BCUT2D eigenvalue weighted by molar-refractivity contribution is 0.0701. The monoisotopic (exact) mass is 327 g/mol. The zero-order valence-electron chi connectivity index (χ0n) is 12.4. The fraction of sp³-hybridized carbons (Fsp3) is 0.133. The molecule has 7 nitrogen and oxygen atoms in total. The molecular formula is C15H13N5O2S. The second-order valence-corrected chi connectivity index (χ2v) is 5.79. The smallest absolute Gasteiger partial charge is 0.347 e. The molecule has 0 aliphatic rings. The van der Waals surface area contributed by atoms with Gasteiger partial charge in [0.2, 0.25) is 5.13 Å². The van der Waals surface area contributed by atoms with E-state index in [0.717, 1.165) is 22.4 Å². The van der Waals surface area contributed by atoms with Gasteiger partial charge in [0.1, 0.15) is 10.6 Å². The number of nitrogens with one attached hydrogen (secondary N) is 1. The van der Waals surface area contributed by atoms with E-state index in [0.29, 0.717) is 22.2 Å². The summed E-state index contributed by atoms with van der Waals surface area (Å²) in [4.78, 5) is 24.2. The van der Waals surface area contributed by atoms with Gasteiger partial charge in [0.05, 0.1) is 28.6 Å². The van der Waals surface area contributed by atoms with E-state index in [1.807, 2.05) is 24.3 Å². The van der Waals surface area contributed by atoms with Crippen LogP contribution in [0.5, 0.6) is 0 Å². The summed E-state index contributed by atoms with van der Waals surface area (Å²) in [5, 5.41) is 13.7. The number of rotatable bonds is 4. The molecule has 1 aromatic carbocycles. The third-order valence-corrected chi connectivity index (χ3v) is 4.18. The van der Waals surface area contributed by atoms with E-state index in [1.54, 1.807) is 20.0 Å². The Morgan fingerprint density at radius 1 is 1.26 bits per heavy atom. The molecule has 2 aromatic heterocycles. The number of thiazole rings is 1. The molecule has 0 atom stereocenters. The number of nitrogens with zero attached hydrogens (tertiary/aromatic N) is 4. The van der Waals surface area contributed by atoms with E-state index in [1.165, 1.54) is 0 Å². The highest BCUT2D eigenvalue weighted by Crippen LogP contribution is 2.22. The molecule has 0 saturated heterocycles. The number of fused-ring (bicyclic) bond motifs is 1. The number of aromatic nitrogens is 3. The molecule has 2 N–H and O–H groups in total. The summed E-state index contributed by atoms with van der Waals surface area (Å²) in [6.07, 6.45) is 1.65. The van der Waals surface area contributed by atoms with Gasteiger partial charge in [0.25, 0.3) is 0 Å². The molecule has 0 unspecified atom stereocenters. The number of hydrazone groups is 1. The summed E-state index contributed by atoms with van der Waals surface area (Å²) in [5.41, 5.74) is 6.11. The highest BCUT2D eigenvalue weighted by atomic mass is 32.1. The van der Waals surface area contributed by atoms with Gasteiger partial charge in [-0.3, -0.25) is 10.4 Å². The van der Waals surface area contributed by atoms with Crippen LogP contribution in [0.4, 0.5) is 5.13 Å². The molecule has 0 spiro atoms. The number of carboxylic acid groups (broad SMARTS) is 1. The number of hydrogen-bond donors (Lipinski definition) is 2. The van der Waals surface area contributed by atoms with E-state index in [9.17, 15) is 4.79 Å². The molecular weight excluding hydrogens is 314 g/mol. The third-order valence-electron chi connectivity index (χ3n) is 3.13. The van der Waals surface area contributed by atoms with Crippen LogP contribution in [-0.4, -0.2) is 31.7 Å². The van der Waals surface area contributed by atoms with Crippen LogP contribution in [0.15, 0.2) is 35.6 Å². The lowest BCUT2D eigenvalue weighted by atomic mass is 10.2. The first kappa shape index (κ1) is 15.0. The molecule has 0 bridgehead atoms. The van der Waals surface area contributed by atoms with Gasteiger partial charge in [-0.1, -0.05) is 23.5 Å². The largest absolute Gasteiger partial charge is 0.477 e. The van der Waals surface area contributed by atoms with Crippen molar-refractivity contribution in [3.63, 3.8) is 0 Å². The van der Waals surface area contributed by atoms with Crippen LogP contribution in [0.25, 0.3) is 11.0 Å². The molecule has 0 radical (unpaired) electrons. The normalized spacial score (nSPS) is 11.7. The van der Waals surface area contributed by atoms with Crippen molar-refractivity contribution < 1.29 is 9.90 Å². The van der Waals surface area contributed by atoms with Crippen molar-refractivity contribution in [1.82, 2.24) is 15.0 Å². The molecule has 8 heteroatoms. The van der Waals surface area contributed by atoms with Gasteiger partial charge in [-0.25, -0.2) is 14.8 Å². The predicted molar refractivity (Wildman–Crippen MR) is 89.2 cm³/mol. The first-order chi connectivity index (χ1) is 11.0. The molecule has 3 rings (SSSR count).